The molecule has 1 aliphatic heterocycles. The SMILES string of the molecule is Cc1c(Cc2cc3ccccc3s2)cc(C2CC(O)CC(CO)O2)c(O)c1C. The molecule has 3 atom stereocenters. The van der Waals surface area contributed by atoms with Gasteiger partial charge in [0.05, 0.1) is 24.9 Å². The predicted molar refractivity (Wildman–Crippen MR) is 112 cm³/mol. The summed E-state index contributed by atoms with van der Waals surface area (Å²) in [5, 5.41) is 31.6. The van der Waals surface area contributed by atoms with Crippen molar-refractivity contribution >= 4 is 21.4 Å². The highest BCUT2D eigenvalue weighted by atomic mass is 32.1. The van der Waals surface area contributed by atoms with Crippen molar-refractivity contribution in [1.82, 2.24) is 0 Å². The molecule has 2 aromatic carbocycles. The molecule has 5 heteroatoms. The molecule has 1 fully saturated rings. The van der Waals surface area contributed by atoms with E-state index in [1.54, 1.807) is 11.3 Å². The van der Waals surface area contributed by atoms with Crippen LogP contribution in [0.3, 0.4) is 0 Å². The van der Waals surface area contributed by atoms with Crippen molar-refractivity contribution < 1.29 is 20.1 Å². The van der Waals surface area contributed by atoms with Gasteiger partial charge >= 0.3 is 0 Å². The molecule has 0 aliphatic carbocycles. The zero-order chi connectivity index (χ0) is 19.8. The normalized spacial score (nSPS) is 22.6. The third-order valence-corrected chi connectivity index (χ3v) is 6.89. The fraction of sp³-hybridized carbons (Fsp3) is 0.391. The number of thiophene rings is 1. The maximum absolute atomic E-state index is 10.8. The summed E-state index contributed by atoms with van der Waals surface area (Å²) < 4.78 is 7.23. The molecule has 1 aromatic heterocycles. The second kappa shape index (κ2) is 7.84. The van der Waals surface area contributed by atoms with Crippen molar-refractivity contribution in [2.24, 2.45) is 0 Å². The second-order valence-electron chi connectivity index (χ2n) is 7.71. The number of benzene rings is 2. The van der Waals surface area contributed by atoms with Gasteiger partial charge in [-0.3, -0.25) is 0 Å². The second-order valence-corrected chi connectivity index (χ2v) is 8.87. The van der Waals surface area contributed by atoms with E-state index in [2.05, 4.69) is 30.3 Å². The average molecular weight is 399 g/mol. The maximum Gasteiger partial charge on any atom is 0.124 e. The standard InChI is InChI=1S/C23H26O4S/c1-13-14(2)23(26)20(21-11-17(25)10-18(12-24)27-21)9-16(13)8-19-7-15-5-3-4-6-22(15)28-19/h3-7,9,17-18,21,24-26H,8,10-12H2,1-2H3. The van der Waals surface area contributed by atoms with Crippen molar-refractivity contribution in [3.63, 3.8) is 0 Å². The summed E-state index contributed by atoms with van der Waals surface area (Å²) in [4.78, 5) is 1.28. The van der Waals surface area contributed by atoms with Crippen LogP contribution in [0.25, 0.3) is 10.1 Å². The number of phenolic OH excluding ortho intramolecular Hbond substituents is 1. The quantitative estimate of drug-likeness (QED) is 0.610. The van der Waals surface area contributed by atoms with Crippen LogP contribution in [-0.2, 0) is 11.2 Å². The van der Waals surface area contributed by atoms with Crippen LogP contribution >= 0.6 is 11.3 Å². The van der Waals surface area contributed by atoms with Gasteiger partial charge in [0.25, 0.3) is 0 Å². The fourth-order valence-corrected chi connectivity index (χ4v) is 5.14. The maximum atomic E-state index is 10.8. The highest BCUT2D eigenvalue weighted by molar-refractivity contribution is 7.19. The Morgan fingerprint density at radius 3 is 2.64 bits per heavy atom. The van der Waals surface area contributed by atoms with Gasteiger partial charge in [-0.2, -0.15) is 0 Å². The van der Waals surface area contributed by atoms with Gasteiger partial charge in [-0.15, -0.1) is 11.3 Å². The highest BCUT2D eigenvalue weighted by Crippen LogP contribution is 2.40. The van der Waals surface area contributed by atoms with E-state index in [9.17, 15) is 15.3 Å². The van der Waals surface area contributed by atoms with E-state index in [0.29, 0.717) is 18.4 Å². The van der Waals surface area contributed by atoms with Crippen LogP contribution in [0.1, 0.15) is 46.1 Å². The molecule has 4 rings (SSSR count). The summed E-state index contributed by atoms with van der Waals surface area (Å²) in [7, 11) is 0. The number of hydrogen-bond donors (Lipinski definition) is 3. The van der Waals surface area contributed by atoms with E-state index < -0.39 is 18.3 Å². The molecular formula is C23H26O4S. The molecule has 148 valence electrons. The summed E-state index contributed by atoms with van der Waals surface area (Å²) in [6.07, 6.45) is 0.283. The fourth-order valence-electron chi connectivity index (χ4n) is 4.05. The molecule has 3 N–H and O–H groups in total. The van der Waals surface area contributed by atoms with Crippen LogP contribution in [0, 0.1) is 13.8 Å². The van der Waals surface area contributed by atoms with E-state index in [-0.39, 0.29) is 12.4 Å². The van der Waals surface area contributed by atoms with E-state index in [0.717, 1.165) is 23.1 Å². The Morgan fingerprint density at radius 2 is 1.89 bits per heavy atom. The Bertz CT molecular complexity index is 961. The number of ether oxygens (including phenoxy) is 1. The lowest BCUT2D eigenvalue weighted by atomic mass is 9.89. The molecule has 4 nitrogen and oxygen atoms in total. The van der Waals surface area contributed by atoms with Crippen LogP contribution in [0.4, 0.5) is 0 Å². The number of rotatable bonds is 4. The van der Waals surface area contributed by atoms with Crippen LogP contribution in [-0.4, -0.2) is 34.1 Å². The minimum absolute atomic E-state index is 0.131. The molecule has 0 saturated carbocycles. The van der Waals surface area contributed by atoms with Crippen molar-refractivity contribution in [1.29, 1.82) is 0 Å². The summed E-state index contributed by atoms with van der Waals surface area (Å²) in [5.74, 6) is 0.230. The topological polar surface area (TPSA) is 69.9 Å². The molecule has 0 bridgehead atoms. The van der Waals surface area contributed by atoms with Crippen LogP contribution in [0.2, 0.25) is 0 Å². The minimum Gasteiger partial charge on any atom is -0.507 e. The Morgan fingerprint density at radius 1 is 1.11 bits per heavy atom. The molecule has 0 radical (unpaired) electrons. The van der Waals surface area contributed by atoms with Gasteiger partial charge < -0.3 is 20.1 Å². The largest absolute Gasteiger partial charge is 0.507 e. The van der Waals surface area contributed by atoms with Gasteiger partial charge in [-0.25, -0.2) is 0 Å². The van der Waals surface area contributed by atoms with Gasteiger partial charge in [0, 0.05) is 34.4 Å². The first-order valence-corrected chi connectivity index (χ1v) is 10.5. The molecule has 1 aliphatic rings. The Balaban J connectivity index is 1.70. The van der Waals surface area contributed by atoms with Gasteiger partial charge in [0.15, 0.2) is 0 Å². The Labute approximate surface area is 169 Å². The van der Waals surface area contributed by atoms with Gasteiger partial charge in [-0.1, -0.05) is 18.2 Å². The van der Waals surface area contributed by atoms with Crippen LogP contribution in [0.5, 0.6) is 5.75 Å². The minimum atomic E-state index is -0.539. The first kappa shape index (κ1) is 19.4. The monoisotopic (exact) mass is 398 g/mol. The number of aliphatic hydroxyl groups is 2. The zero-order valence-corrected chi connectivity index (χ0v) is 17.0. The van der Waals surface area contributed by atoms with Crippen molar-refractivity contribution in [2.45, 2.75) is 51.4 Å². The number of aromatic hydroxyl groups is 1. The third-order valence-electron chi connectivity index (χ3n) is 5.77. The van der Waals surface area contributed by atoms with Crippen LogP contribution in [0.15, 0.2) is 36.4 Å². The first-order valence-electron chi connectivity index (χ1n) is 9.70. The van der Waals surface area contributed by atoms with Crippen LogP contribution < -0.4 is 0 Å². The van der Waals surface area contributed by atoms with Gasteiger partial charge in [0.1, 0.15) is 5.75 Å². The summed E-state index contributed by atoms with van der Waals surface area (Å²) in [6.45, 7) is 3.83. The molecule has 3 aromatic rings. The van der Waals surface area contributed by atoms with E-state index in [1.807, 2.05) is 19.9 Å². The number of fused-ring (bicyclic) bond motifs is 1. The Kier molecular flexibility index (Phi) is 5.43. The number of phenols is 1. The lowest BCUT2D eigenvalue weighted by Crippen LogP contribution is -2.33. The van der Waals surface area contributed by atoms with Gasteiger partial charge in [-0.05, 0) is 54.1 Å². The molecule has 28 heavy (non-hydrogen) atoms. The van der Waals surface area contributed by atoms with E-state index in [1.165, 1.54) is 15.0 Å². The van der Waals surface area contributed by atoms with Crippen molar-refractivity contribution in [2.75, 3.05) is 6.61 Å². The van der Waals surface area contributed by atoms with Gasteiger partial charge in [0.2, 0.25) is 0 Å². The molecule has 1 saturated heterocycles. The summed E-state index contributed by atoms with van der Waals surface area (Å²) >= 11 is 1.79. The highest BCUT2D eigenvalue weighted by Gasteiger charge is 2.31. The molecule has 3 unspecified atom stereocenters. The van der Waals surface area contributed by atoms with Crippen molar-refractivity contribution in [3.8, 4) is 5.75 Å². The smallest absolute Gasteiger partial charge is 0.124 e. The number of aliphatic hydroxyl groups excluding tert-OH is 2. The molecule has 2 heterocycles. The first-order chi connectivity index (χ1) is 13.5. The zero-order valence-electron chi connectivity index (χ0n) is 16.2. The van der Waals surface area contributed by atoms with E-state index >= 15 is 0 Å². The number of hydrogen-bond acceptors (Lipinski definition) is 5. The summed E-state index contributed by atoms with van der Waals surface area (Å²) in [6, 6.07) is 12.6. The predicted octanol–water partition coefficient (Wildman–Crippen LogP) is 4.39. The van der Waals surface area contributed by atoms with Crippen molar-refractivity contribution in [3.05, 3.63) is 63.5 Å². The molecular weight excluding hydrogens is 372 g/mol. The van der Waals surface area contributed by atoms with E-state index in [4.69, 9.17) is 4.74 Å². The average Bonchev–Trinajstić information content (AvgIpc) is 3.10. The lowest BCUT2D eigenvalue weighted by Gasteiger charge is -2.33. The molecule has 0 spiro atoms. The molecule has 0 amide bonds. The summed E-state index contributed by atoms with van der Waals surface area (Å²) in [5.41, 5.74) is 3.78. The Hall–Kier alpha value is -1.92. The third kappa shape index (κ3) is 3.67. The lowest BCUT2D eigenvalue weighted by molar-refractivity contribution is -0.114.